The summed E-state index contributed by atoms with van der Waals surface area (Å²) in [6.45, 7) is 0.105. The van der Waals surface area contributed by atoms with Crippen LogP contribution >= 0.6 is 11.6 Å². The normalized spacial score (nSPS) is 10.4. The molecule has 1 aromatic heterocycles. The van der Waals surface area contributed by atoms with E-state index in [1.54, 1.807) is 36.4 Å². The number of ether oxygens (including phenoxy) is 1. The Bertz CT molecular complexity index is 864. The van der Waals surface area contributed by atoms with Gasteiger partial charge in [-0.05, 0) is 24.3 Å². The lowest BCUT2D eigenvalue weighted by Gasteiger charge is -2.07. The molecule has 0 bridgehead atoms. The number of methoxy groups -OCH3 is 1. The number of hydrogen-bond donors (Lipinski definition) is 1. The second-order valence-corrected chi connectivity index (χ2v) is 5.28. The van der Waals surface area contributed by atoms with Gasteiger partial charge in [-0.2, -0.15) is 4.98 Å². The van der Waals surface area contributed by atoms with Crippen LogP contribution in [0, 0.1) is 0 Å². The molecule has 3 rings (SSSR count). The van der Waals surface area contributed by atoms with Gasteiger partial charge in [-0.3, -0.25) is 4.79 Å². The van der Waals surface area contributed by atoms with E-state index < -0.39 is 0 Å². The van der Waals surface area contributed by atoms with Crippen LogP contribution in [0.2, 0.25) is 5.02 Å². The fourth-order valence-corrected chi connectivity index (χ4v) is 2.38. The summed E-state index contributed by atoms with van der Waals surface area (Å²) in [6, 6.07) is 14.2. The van der Waals surface area contributed by atoms with Gasteiger partial charge in [0.15, 0.2) is 0 Å². The van der Waals surface area contributed by atoms with Gasteiger partial charge >= 0.3 is 0 Å². The van der Waals surface area contributed by atoms with E-state index in [-0.39, 0.29) is 18.3 Å². The molecule has 1 amide bonds. The van der Waals surface area contributed by atoms with Crippen molar-refractivity contribution >= 4 is 17.5 Å². The van der Waals surface area contributed by atoms with Gasteiger partial charge in [0.05, 0.1) is 24.2 Å². The van der Waals surface area contributed by atoms with Crippen molar-refractivity contribution in [1.29, 1.82) is 0 Å². The van der Waals surface area contributed by atoms with Crippen molar-refractivity contribution in [2.45, 2.75) is 6.54 Å². The molecule has 0 atom stereocenters. The lowest BCUT2D eigenvalue weighted by atomic mass is 10.2. The van der Waals surface area contributed by atoms with Gasteiger partial charge in [0.1, 0.15) is 5.75 Å². The van der Waals surface area contributed by atoms with Crippen LogP contribution in [0.25, 0.3) is 11.4 Å². The Hall–Kier alpha value is -2.86. The van der Waals surface area contributed by atoms with Crippen LogP contribution in [0.3, 0.4) is 0 Å². The predicted octanol–water partition coefficient (Wildman–Crippen LogP) is 3.33. The molecule has 1 heterocycles. The van der Waals surface area contributed by atoms with Gasteiger partial charge < -0.3 is 14.6 Å². The lowest BCUT2D eigenvalue weighted by Crippen LogP contribution is -2.23. The van der Waals surface area contributed by atoms with Crippen LogP contribution in [0.1, 0.15) is 16.2 Å². The summed E-state index contributed by atoms with van der Waals surface area (Å²) in [4.78, 5) is 16.5. The zero-order valence-corrected chi connectivity index (χ0v) is 13.6. The number of nitrogens with zero attached hydrogens (tertiary/aromatic N) is 2. The quantitative estimate of drug-likeness (QED) is 0.768. The minimum Gasteiger partial charge on any atom is -0.496 e. The highest BCUT2D eigenvalue weighted by Crippen LogP contribution is 2.24. The molecule has 0 aliphatic heterocycles. The Labute approximate surface area is 143 Å². The molecule has 24 heavy (non-hydrogen) atoms. The maximum Gasteiger partial charge on any atom is 0.255 e. The van der Waals surface area contributed by atoms with E-state index in [4.69, 9.17) is 20.9 Å². The fourth-order valence-electron chi connectivity index (χ4n) is 2.16. The van der Waals surface area contributed by atoms with Crippen molar-refractivity contribution < 1.29 is 14.1 Å². The summed E-state index contributed by atoms with van der Waals surface area (Å²) in [5.41, 5.74) is 1.11. The summed E-state index contributed by atoms with van der Waals surface area (Å²) in [5.74, 6) is 0.873. The monoisotopic (exact) mass is 343 g/mol. The van der Waals surface area contributed by atoms with E-state index in [0.717, 1.165) is 0 Å². The lowest BCUT2D eigenvalue weighted by molar-refractivity contribution is 0.0943. The molecular formula is C17H14ClN3O3. The predicted molar refractivity (Wildman–Crippen MR) is 88.9 cm³/mol. The number of rotatable bonds is 5. The van der Waals surface area contributed by atoms with Crippen molar-refractivity contribution in [3.05, 3.63) is 65.0 Å². The number of para-hydroxylation sites is 1. The zero-order chi connectivity index (χ0) is 16.9. The number of benzene rings is 2. The molecule has 1 N–H and O–H groups in total. The first kappa shape index (κ1) is 16.0. The Morgan fingerprint density at radius 3 is 2.75 bits per heavy atom. The number of hydrogen-bond acceptors (Lipinski definition) is 5. The van der Waals surface area contributed by atoms with Crippen molar-refractivity contribution in [1.82, 2.24) is 15.5 Å². The van der Waals surface area contributed by atoms with Crippen molar-refractivity contribution in [2.24, 2.45) is 0 Å². The van der Waals surface area contributed by atoms with Crippen LogP contribution in [0.15, 0.2) is 53.1 Å². The molecule has 0 fully saturated rings. The number of aromatic nitrogens is 2. The standard InChI is InChI=1S/C17H14ClN3O3/c1-23-14-9-5-3-7-12(14)17(22)19-10-15-20-16(21-24-15)11-6-2-4-8-13(11)18/h2-9H,10H2,1H3,(H,19,22). The number of carbonyl (C=O) groups excluding carboxylic acids is 1. The Morgan fingerprint density at radius 2 is 1.96 bits per heavy atom. The SMILES string of the molecule is COc1ccccc1C(=O)NCc1nc(-c2ccccc2Cl)no1. The van der Waals surface area contributed by atoms with Crippen LogP contribution < -0.4 is 10.1 Å². The third-order valence-corrected chi connectivity index (χ3v) is 3.66. The van der Waals surface area contributed by atoms with Gasteiger partial charge in [-0.1, -0.05) is 41.0 Å². The van der Waals surface area contributed by atoms with Crippen LogP contribution in [0.4, 0.5) is 0 Å². The summed E-state index contributed by atoms with van der Waals surface area (Å²) in [7, 11) is 1.51. The van der Waals surface area contributed by atoms with Crippen LogP contribution in [0.5, 0.6) is 5.75 Å². The number of halogens is 1. The summed E-state index contributed by atoms with van der Waals surface area (Å²) in [5, 5.41) is 7.14. The number of nitrogens with one attached hydrogen (secondary N) is 1. The molecule has 3 aromatic rings. The topological polar surface area (TPSA) is 77.2 Å². The molecule has 0 saturated carbocycles. The van der Waals surface area contributed by atoms with Gasteiger partial charge in [-0.15, -0.1) is 0 Å². The van der Waals surface area contributed by atoms with E-state index >= 15 is 0 Å². The molecule has 0 radical (unpaired) electrons. The van der Waals surface area contributed by atoms with Gasteiger partial charge in [0.2, 0.25) is 11.7 Å². The second kappa shape index (κ2) is 7.14. The molecule has 0 aliphatic rings. The van der Waals surface area contributed by atoms with Gasteiger partial charge in [0, 0.05) is 5.56 Å². The van der Waals surface area contributed by atoms with E-state index in [1.165, 1.54) is 7.11 Å². The maximum absolute atomic E-state index is 12.2. The molecule has 122 valence electrons. The minimum absolute atomic E-state index is 0.105. The molecule has 0 aliphatic carbocycles. The molecule has 0 spiro atoms. The molecule has 0 saturated heterocycles. The third-order valence-electron chi connectivity index (χ3n) is 3.33. The highest BCUT2D eigenvalue weighted by Gasteiger charge is 2.14. The zero-order valence-electron chi connectivity index (χ0n) is 12.8. The molecule has 2 aromatic carbocycles. The van der Waals surface area contributed by atoms with E-state index in [9.17, 15) is 4.79 Å². The molecular weight excluding hydrogens is 330 g/mol. The molecule has 7 heteroatoms. The maximum atomic E-state index is 12.2. The summed E-state index contributed by atoms with van der Waals surface area (Å²) in [6.07, 6.45) is 0. The Balaban J connectivity index is 1.70. The fraction of sp³-hybridized carbons (Fsp3) is 0.118. The first-order valence-electron chi connectivity index (χ1n) is 7.17. The van der Waals surface area contributed by atoms with E-state index in [0.29, 0.717) is 27.7 Å². The first-order chi connectivity index (χ1) is 11.7. The van der Waals surface area contributed by atoms with Crippen molar-refractivity contribution in [2.75, 3.05) is 7.11 Å². The minimum atomic E-state index is -0.287. The summed E-state index contributed by atoms with van der Waals surface area (Å²) < 4.78 is 10.3. The average Bonchev–Trinajstić information content (AvgIpc) is 3.08. The smallest absolute Gasteiger partial charge is 0.255 e. The largest absolute Gasteiger partial charge is 0.496 e. The average molecular weight is 344 g/mol. The van der Waals surface area contributed by atoms with Gasteiger partial charge in [-0.25, -0.2) is 0 Å². The Morgan fingerprint density at radius 1 is 1.21 bits per heavy atom. The van der Waals surface area contributed by atoms with E-state index in [1.807, 2.05) is 12.1 Å². The molecule has 6 nitrogen and oxygen atoms in total. The van der Waals surface area contributed by atoms with Crippen LogP contribution in [-0.4, -0.2) is 23.2 Å². The number of carbonyl (C=O) groups is 1. The summed E-state index contributed by atoms with van der Waals surface area (Å²) >= 11 is 6.10. The third kappa shape index (κ3) is 3.38. The van der Waals surface area contributed by atoms with Crippen molar-refractivity contribution in [3.63, 3.8) is 0 Å². The first-order valence-corrected chi connectivity index (χ1v) is 7.55. The van der Waals surface area contributed by atoms with Crippen LogP contribution in [-0.2, 0) is 6.54 Å². The molecule has 0 unspecified atom stereocenters. The number of amides is 1. The highest BCUT2D eigenvalue weighted by atomic mass is 35.5. The Kier molecular flexibility index (Phi) is 4.77. The van der Waals surface area contributed by atoms with Gasteiger partial charge in [0.25, 0.3) is 5.91 Å². The van der Waals surface area contributed by atoms with Crippen molar-refractivity contribution in [3.8, 4) is 17.1 Å². The van der Waals surface area contributed by atoms with E-state index in [2.05, 4.69) is 15.5 Å². The second-order valence-electron chi connectivity index (χ2n) is 4.87. The highest BCUT2D eigenvalue weighted by molar-refractivity contribution is 6.33.